The van der Waals surface area contributed by atoms with E-state index in [0.29, 0.717) is 28.8 Å². The van der Waals surface area contributed by atoms with Gasteiger partial charge in [0.2, 0.25) is 5.88 Å². The Morgan fingerprint density at radius 3 is 2.57 bits per heavy atom. The van der Waals surface area contributed by atoms with Crippen molar-refractivity contribution in [1.82, 2.24) is 4.57 Å². The third-order valence-electron chi connectivity index (χ3n) is 3.44. The zero-order chi connectivity index (χ0) is 15.4. The fourth-order valence-electron chi connectivity index (χ4n) is 2.15. The van der Waals surface area contributed by atoms with Crippen molar-refractivity contribution in [3.63, 3.8) is 0 Å². The van der Waals surface area contributed by atoms with Crippen molar-refractivity contribution in [3.8, 4) is 23.4 Å². The Balaban J connectivity index is 2.49. The van der Waals surface area contributed by atoms with Gasteiger partial charge in [-0.3, -0.25) is 4.57 Å². The highest BCUT2D eigenvalue weighted by Gasteiger charge is 2.20. The van der Waals surface area contributed by atoms with E-state index in [0.717, 1.165) is 6.42 Å². The van der Waals surface area contributed by atoms with Gasteiger partial charge in [0.1, 0.15) is 11.8 Å². The van der Waals surface area contributed by atoms with Crippen LogP contribution in [-0.2, 0) is 0 Å². The molecule has 1 aromatic heterocycles. The molecule has 1 atom stereocenters. The van der Waals surface area contributed by atoms with E-state index in [-0.39, 0.29) is 6.04 Å². The first-order chi connectivity index (χ1) is 10.1. The van der Waals surface area contributed by atoms with Crippen molar-refractivity contribution in [2.45, 2.75) is 26.3 Å². The molecule has 0 radical (unpaired) electrons. The molecule has 2 N–H and O–H groups in total. The third-order valence-corrected chi connectivity index (χ3v) is 3.44. The molecule has 0 aliphatic rings. The number of hydrogen-bond donors (Lipinski definition) is 1. The Morgan fingerprint density at radius 1 is 1.33 bits per heavy atom. The Bertz CT molecular complexity index is 671. The molecule has 0 bridgehead atoms. The van der Waals surface area contributed by atoms with Gasteiger partial charge in [-0.15, -0.1) is 0 Å². The van der Waals surface area contributed by atoms with Gasteiger partial charge in [0.15, 0.2) is 11.5 Å². The molecule has 0 unspecified atom stereocenters. The van der Waals surface area contributed by atoms with Gasteiger partial charge in [0.05, 0.1) is 12.8 Å². The summed E-state index contributed by atoms with van der Waals surface area (Å²) >= 11 is 0. The average molecular weight is 285 g/mol. The number of methoxy groups -OCH3 is 1. The van der Waals surface area contributed by atoms with Crippen LogP contribution in [0, 0.1) is 11.3 Å². The summed E-state index contributed by atoms with van der Waals surface area (Å²) in [4.78, 5) is 0. The minimum Gasteiger partial charge on any atom is -0.493 e. The van der Waals surface area contributed by atoms with Crippen LogP contribution in [0.1, 0.15) is 32.0 Å². The molecule has 0 saturated carbocycles. The minimum absolute atomic E-state index is 0.113. The van der Waals surface area contributed by atoms with Crippen LogP contribution < -0.4 is 15.2 Å². The van der Waals surface area contributed by atoms with Gasteiger partial charge in [0.25, 0.3) is 0 Å². The Labute approximate surface area is 124 Å². The summed E-state index contributed by atoms with van der Waals surface area (Å²) in [6.07, 6.45) is 0.866. The Hall–Kier alpha value is -2.61. The maximum atomic E-state index is 9.26. The van der Waals surface area contributed by atoms with Crippen LogP contribution >= 0.6 is 0 Å². The van der Waals surface area contributed by atoms with Crippen LogP contribution in [0.15, 0.2) is 30.3 Å². The molecule has 2 rings (SSSR count). The Morgan fingerprint density at radius 2 is 2.00 bits per heavy atom. The second-order valence-electron chi connectivity index (χ2n) is 4.78. The summed E-state index contributed by atoms with van der Waals surface area (Å²) in [5.74, 6) is 1.66. The first-order valence-corrected chi connectivity index (χ1v) is 6.84. The molecule has 0 amide bonds. The fraction of sp³-hybridized carbons (Fsp3) is 0.312. The lowest BCUT2D eigenvalue weighted by molar-refractivity contribution is 0.356. The zero-order valence-corrected chi connectivity index (χ0v) is 12.5. The predicted molar refractivity (Wildman–Crippen MR) is 81.6 cm³/mol. The van der Waals surface area contributed by atoms with E-state index in [1.807, 2.05) is 29.7 Å². The molecular formula is C16H19N3O2. The molecule has 1 heterocycles. The van der Waals surface area contributed by atoms with Crippen LogP contribution in [-0.4, -0.2) is 11.7 Å². The number of nitrogens with two attached hydrogens (primary N) is 1. The number of hydrogen-bond acceptors (Lipinski definition) is 4. The molecule has 0 aliphatic carbocycles. The third kappa shape index (κ3) is 2.79. The SMILES string of the molecule is CC[C@@H](C)n1c(C#N)cc(N)c1Oc1ccccc1OC. The lowest BCUT2D eigenvalue weighted by atomic mass is 10.2. The molecule has 21 heavy (non-hydrogen) atoms. The van der Waals surface area contributed by atoms with Gasteiger partial charge in [0, 0.05) is 12.1 Å². The second kappa shape index (κ2) is 6.23. The number of nitrogen functional groups attached to an aromatic ring is 1. The molecule has 110 valence electrons. The van der Waals surface area contributed by atoms with Crippen molar-refractivity contribution < 1.29 is 9.47 Å². The van der Waals surface area contributed by atoms with Gasteiger partial charge in [-0.2, -0.15) is 5.26 Å². The topological polar surface area (TPSA) is 73.2 Å². The maximum absolute atomic E-state index is 9.26. The molecule has 5 nitrogen and oxygen atoms in total. The highest BCUT2D eigenvalue weighted by Crippen LogP contribution is 2.38. The number of benzene rings is 1. The van der Waals surface area contributed by atoms with E-state index >= 15 is 0 Å². The minimum atomic E-state index is 0.113. The lowest BCUT2D eigenvalue weighted by Crippen LogP contribution is -2.08. The number of rotatable bonds is 5. The van der Waals surface area contributed by atoms with E-state index in [2.05, 4.69) is 13.0 Å². The van der Waals surface area contributed by atoms with E-state index in [1.165, 1.54) is 0 Å². The molecule has 0 saturated heterocycles. The van der Waals surface area contributed by atoms with E-state index in [9.17, 15) is 5.26 Å². The standard InChI is InChI=1S/C16H19N3O2/c1-4-11(2)19-12(10-17)9-13(18)16(19)21-15-8-6-5-7-14(15)20-3/h5-9,11H,4,18H2,1-3H3/t11-/m1/s1. The zero-order valence-electron chi connectivity index (χ0n) is 12.5. The molecule has 0 aliphatic heterocycles. The number of aromatic nitrogens is 1. The summed E-state index contributed by atoms with van der Waals surface area (Å²) in [6, 6.07) is 11.2. The largest absolute Gasteiger partial charge is 0.493 e. The van der Waals surface area contributed by atoms with E-state index in [1.54, 1.807) is 19.2 Å². The van der Waals surface area contributed by atoms with Crippen LogP contribution in [0.25, 0.3) is 0 Å². The van der Waals surface area contributed by atoms with Crippen molar-refractivity contribution >= 4 is 5.69 Å². The molecule has 0 fully saturated rings. The number of ether oxygens (including phenoxy) is 2. The number of para-hydroxylation sites is 2. The summed E-state index contributed by atoms with van der Waals surface area (Å²) in [7, 11) is 1.58. The summed E-state index contributed by atoms with van der Waals surface area (Å²) < 4.78 is 13.0. The molecule has 2 aromatic rings. The average Bonchev–Trinajstić information content (AvgIpc) is 2.83. The first-order valence-electron chi connectivity index (χ1n) is 6.84. The van der Waals surface area contributed by atoms with Crippen LogP contribution in [0.3, 0.4) is 0 Å². The van der Waals surface area contributed by atoms with Crippen molar-refractivity contribution in [1.29, 1.82) is 5.26 Å². The van der Waals surface area contributed by atoms with Gasteiger partial charge in [-0.1, -0.05) is 19.1 Å². The van der Waals surface area contributed by atoms with E-state index in [4.69, 9.17) is 15.2 Å². The smallest absolute Gasteiger partial charge is 0.224 e. The molecule has 1 aromatic carbocycles. The predicted octanol–water partition coefficient (Wildman–Crippen LogP) is 3.71. The molecule has 5 heteroatoms. The number of nitrogens with zero attached hydrogens (tertiary/aromatic N) is 2. The molecule has 0 spiro atoms. The van der Waals surface area contributed by atoms with Gasteiger partial charge in [-0.05, 0) is 25.5 Å². The number of anilines is 1. The fourth-order valence-corrected chi connectivity index (χ4v) is 2.15. The highest BCUT2D eigenvalue weighted by atomic mass is 16.5. The first kappa shape index (κ1) is 14.8. The molecular weight excluding hydrogens is 266 g/mol. The Kier molecular flexibility index (Phi) is 4.39. The summed E-state index contributed by atoms with van der Waals surface area (Å²) in [5, 5.41) is 9.26. The van der Waals surface area contributed by atoms with E-state index < -0.39 is 0 Å². The second-order valence-corrected chi connectivity index (χ2v) is 4.78. The van der Waals surface area contributed by atoms with Crippen LogP contribution in [0.4, 0.5) is 5.69 Å². The van der Waals surface area contributed by atoms with Crippen molar-refractivity contribution in [2.24, 2.45) is 0 Å². The van der Waals surface area contributed by atoms with Crippen LogP contribution in [0.5, 0.6) is 17.4 Å². The lowest BCUT2D eigenvalue weighted by Gasteiger charge is -2.18. The summed E-state index contributed by atoms with van der Waals surface area (Å²) in [6.45, 7) is 4.07. The maximum Gasteiger partial charge on any atom is 0.224 e. The van der Waals surface area contributed by atoms with Crippen molar-refractivity contribution in [3.05, 3.63) is 36.0 Å². The highest BCUT2D eigenvalue weighted by molar-refractivity contribution is 5.57. The quantitative estimate of drug-likeness (QED) is 0.908. The van der Waals surface area contributed by atoms with Gasteiger partial charge >= 0.3 is 0 Å². The monoisotopic (exact) mass is 285 g/mol. The van der Waals surface area contributed by atoms with Crippen LogP contribution in [0.2, 0.25) is 0 Å². The van der Waals surface area contributed by atoms with Gasteiger partial charge in [-0.25, -0.2) is 0 Å². The summed E-state index contributed by atoms with van der Waals surface area (Å²) in [5.41, 5.74) is 6.95. The van der Waals surface area contributed by atoms with Gasteiger partial charge < -0.3 is 15.2 Å². The van der Waals surface area contributed by atoms with Crippen molar-refractivity contribution in [2.75, 3.05) is 12.8 Å². The normalized spacial score (nSPS) is 11.7. The number of nitriles is 1.